The molecule has 3 atom stereocenters. The molecule has 1 aromatic heterocycles. The van der Waals surface area contributed by atoms with Gasteiger partial charge in [-0.15, -0.1) is 0 Å². The Morgan fingerprint density at radius 2 is 1.83 bits per heavy atom. The smallest absolute Gasteiger partial charge is 0.410 e. The molecule has 0 saturated carbocycles. The van der Waals surface area contributed by atoms with E-state index in [0.29, 0.717) is 13.1 Å². The minimum Gasteiger partial charge on any atom is -0.446 e. The molecule has 6 nitrogen and oxygen atoms in total. The van der Waals surface area contributed by atoms with Gasteiger partial charge in [0.2, 0.25) is 0 Å². The maximum Gasteiger partial charge on any atom is 0.410 e. The van der Waals surface area contributed by atoms with Crippen LogP contribution in [0.3, 0.4) is 0 Å². The Kier molecular flexibility index (Phi) is 10.4. The molecule has 186 valence electrons. The summed E-state index contributed by atoms with van der Waals surface area (Å²) in [5, 5.41) is 0. The van der Waals surface area contributed by atoms with Crippen molar-refractivity contribution in [2.24, 2.45) is 0 Å². The fourth-order valence-electron chi connectivity index (χ4n) is 3.80. The second-order valence-electron chi connectivity index (χ2n) is 8.29. The number of amides is 1. The van der Waals surface area contributed by atoms with Crippen LogP contribution in [0.4, 0.5) is 9.18 Å². The van der Waals surface area contributed by atoms with Gasteiger partial charge < -0.3 is 9.64 Å². The van der Waals surface area contributed by atoms with Gasteiger partial charge in [-0.2, -0.15) is 0 Å². The van der Waals surface area contributed by atoms with E-state index in [1.165, 1.54) is 12.1 Å². The Balaban J connectivity index is 0.000000420. The van der Waals surface area contributed by atoms with Crippen molar-refractivity contribution in [1.82, 2.24) is 14.6 Å². The van der Waals surface area contributed by atoms with Crippen molar-refractivity contribution < 1.29 is 18.1 Å². The molecule has 0 bridgehead atoms. The topological polar surface area (TPSA) is 71.5 Å². The number of rotatable bonds is 8. The van der Waals surface area contributed by atoms with Gasteiger partial charge in [-0.05, 0) is 49.6 Å². The third-order valence-electron chi connectivity index (χ3n) is 5.76. The molecule has 1 N–H and O–H groups in total. The van der Waals surface area contributed by atoms with E-state index in [4.69, 9.17) is 4.74 Å². The predicted octanol–water partition coefficient (Wildman–Crippen LogP) is 5.51. The lowest BCUT2D eigenvalue weighted by Gasteiger charge is -2.36. The molecule has 3 unspecified atom stereocenters. The van der Waals surface area contributed by atoms with E-state index < -0.39 is 11.0 Å². The predicted molar refractivity (Wildman–Crippen MR) is 137 cm³/mol. The lowest BCUT2D eigenvalue weighted by Crippen LogP contribution is -2.43. The molecule has 0 spiro atoms. The number of benzene rings is 2. The first-order chi connectivity index (χ1) is 16.9. The van der Waals surface area contributed by atoms with E-state index in [-0.39, 0.29) is 24.1 Å². The Morgan fingerprint density at radius 1 is 1.11 bits per heavy atom. The quantitative estimate of drug-likeness (QED) is 0.417. The van der Waals surface area contributed by atoms with Gasteiger partial charge >= 0.3 is 6.09 Å². The summed E-state index contributed by atoms with van der Waals surface area (Å²) < 4.78 is 31.4. The first-order valence-electron chi connectivity index (χ1n) is 11.7. The van der Waals surface area contributed by atoms with Gasteiger partial charge in [0.15, 0.2) is 0 Å². The molecule has 1 saturated heterocycles. The SMILES string of the molecule is CC(c1ccc(-c2ccccn2)cc1)N1CCC(CCCNS(C)=O)OC1=O.Fc1ccccc1. The number of cyclic esters (lactones) is 1. The van der Waals surface area contributed by atoms with Gasteiger partial charge in [-0.25, -0.2) is 18.1 Å². The summed E-state index contributed by atoms with van der Waals surface area (Å²) in [5.74, 6) is -0.178. The van der Waals surface area contributed by atoms with Crippen LogP contribution in [-0.2, 0) is 15.7 Å². The van der Waals surface area contributed by atoms with Crippen molar-refractivity contribution in [2.45, 2.75) is 38.3 Å². The molecule has 1 amide bonds. The highest BCUT2D eigenvalue weighted by Crippen LogP contribution is 2.28. The molecule has 8 heteroatoms. The molecular formula is C27H32FN3O3S. The number of nitrogens with zero attached hydrogens (tertiary/aromatic N) is 2. The molecule has 0 aliphatic carbocycles. The number of ether oxygens (including phenoxy) is 1. The maximum atomic E-state index is 12.5. The fourth-order valence-corrected chi connectivity index (χ4v) is 4.24. The van der Waals surface area contributed by atoms with Crippen molar-refractivity contribution >= 4 is 17.1 Å². The Bertz CT molecular complexity index is 1070. The highest BCUT2D eigenvalue weighted by molar-refractivity contribution is 7.82. The van der Waals surface area contributed by atoms with Crippen LogP contribution in [0.5, 0.6) is 0 Å². The number of nitrogens with one attached hydrogen (secondary N) is 1. The maximum absolute atomic E-state index is 12.5. The van der Waals surface area contributed by atoms with Crippen LogP contribution in [0.1, 0.15) is 37.8 Å². The van der Waals surface area contributed by atoms with Crippen LogP contribution in [0.2, 0.25) is 0 Å². The highest BCUT2D eigenvalue weighted by atomic mass is 32.2. The number of carbonyl (C=O) groups is 1. The van der Waals surface area contributed by atoms with E-state index >= 15 is 0 Å². The standard InChI is InChI=1S/C21H27N3O3S.C6H5F/c1-16(17-8-10-18(11-9-17)20-7-3-4-13-22-20)24-15-12-19(27-21(24)25)6-5-14-23-28(2)26;7-6-4-2-1-3-5-6/h3-4,7-11,13,16,19,23H,5-6,12,14-15H2,1-2H3;1-5H. The van der Waals surface area contributed by atoms with Gasteiger partial charge in [-0.3, -0.25) is 4.98 Å². The van der Waals surface area contributed by atoms with Crippen LogP contribution in [-0.4, -0.2) is 45.6 Å². The molecule has 1 aliphatic rings. The summed E-state index contributed by atoms with van der Waals surface area (Å²) >= 11 is 0. The zero-order valence-corrected chi connectivity index (χ0v) is 20.9. The number of hydrogen-bond donors (Lipinski definition) is 1. The van der Waals surface area contributed by atoms with Crippen LogP contribution in [0.15, 0.2) is 79.0 Å². The average molecular weight is 498 g/mol. The van der Waals surface area contributed by atoms with E-state index in [2.05, 4.69) is 9.71 Å². The van der Waals surface area contributed by atoms with Gasteiger partial charge in [0.1, 0.15) is 11.9 Å². The Hall–Kier alpha value is -3.10. The first-order valence-corrected chi connectivity index (χ1v) is 13.3. The van der Waals surface area contributed by atoms with E-state index in [0.717, 1.165) is 36.1 Å². The first kappa shape index (κ1) is 26.5. The minimum absolute atomic E-state index is 0.0459. The number of hydrogen-bond acceptors (Lipinski definition) is 4. The summed E-state index contributed by atoms with van der Waals surface area (Å²) in [6.45, 7) is 3.37. The van der Waals surface area contributed by atoms with Gasteiger partial charge in [0.05, 0.1) is 22.7 Å². The Labute approximate surface area is 209 Å². The average Bonchev–Trinajstić information content (AvgIpc) is 2.88. The second-order valence-corrected chi connectivity index (χ2v) is 9.48. The molecule has 2 heterocycles. The number of carbonyl (C=O) groups excluding carboxylic acids is 1. The number of halogens is 1. The summed E-state index contributed by atoms with van der Waals surface area (Å²) in [6, 6.07) is 21.9. The molecule has 35 heavy (non-hydrogen) atoms. The van der Waals surface area contributed by atoms with Crippen molar-refractivity contribution in [3.8, 4) is 11.3 Å². The van der Waals surface area contributed by atoms with Crippen molar-refractivity contribution in [2.75, 3.05) is 19.3 Å². The molecule has 1 aliphatic heterocycles. The van der Waals surface area contributed by atoms with Gasteiger partial charge in [0, 0.05) is 37.5 Å². The monoisotopic (exact) mass is 497 g/mol. The second kappa shape index (κ2) is 13.7. The molecule has 3 aromatic rings. The van der Waals surface area contributed by atoms with E-state index in [1.807, 2.05) is 49.4 Å². The van der Waals surface area contributed by atoms with Crippen LogP contribution >= 0.6 is 0 Å². The van der Waals surface area contributed by atoms with Crippen molar-refractivity contribution in [3.63, 3.8) is 0 Å². The van der Waals surface area contributed by atoms with Crippen LogP contribution in [0.25, 0.3) is 11.3 Å². The zero-order valence-electron chi connectivity index (χ0n) is 20.1. The zero-order chi connectivity index (χ0) is 25.0. The molecule has 2 aromatic carbocycles. The molecule has 4 rings (SSSR count). The number of pyridine rings is 1. The van der Waals surface area contributed by atoms with E-state index in [1.54, 1.807) is 35.6 Å². The summed E-state index contributed by atoms with van der Waals surface area (Å²) in [5.41, 5.74) is 3.06. The third kappa shape index (κ3) is 8.56. The summed E-state index contributed by atoms with van der Waals surface area (Å²) in [4.78, 5) is 18.6. The normalized spacial score (nSPS) is 17.1. The van der Waals surface area contributed by atoms with Crippen molar-refractivity contribution in [3.05, 3.63) is 90.4 Å². The molecule has 1 fully saturated rings. The molecule has 0 radical (unpaired) electrons. The summed E-state index contributed by atoms with van der Waals surface area (Å²) in [6.07, 6.45) is 5.52. The third-order valence-corrected chi connectivity index (χ3v) is 6.37. The summed E-state index contributed by atoms with van der Waals surface area (Å²) in [7, 11) is -0.996. The van der Waals surface area contributed by atoms with E-state index in [9.17, 15) is 13.4 Å². The molecular weight excluding hydrogens is 465 g/mol. The minimum atomic E-state index is -0.996. The van der Waals surface area contributed by atoms with Gasteiger partial charge in [-0.1, -0.05) is 48.5 Å². The fraction of sp³-hybridized carbons (Fsp3) is 0.333. The highest BCUT2D eigenvalue weighted by Gasteiger charge is 2.30. The van der Waals surface area contributed by atoms with Crippen molar-refractivity contribution in [1.29, 1.82) is 0 Å². The lowest BCUT2D eigenvalue weighted by molar-refractivity contribution is 0.00942. The Morgan fingerprint density at radius 3 is 2.40 bits per heavy atom. The van der Waals surface area contributed by atoms with Crippen LogP contribution < -0.4 is 4.72 Å². The largest absolute Gasteiger partial charge is 0.446 e. The lowest BCUT2D eigenvalue weighted by atomic mass is 10.0. The number of aromatic nitrogens is 1. The van der Waals surface area contributed by atoms with Gasteiger partial charge in [0.25, 0.3) is 0 Å². The van der Waals surface area contributed by atoms with Crippen LogP contribution in [0, 0.1) is 5.82 Å².